The molecule has 4 heteroatoms. The van der Waals surface area contributed by atoms with Crippen molar-refractivity contribution in [3.8, 4) is 5.75 Å². The SMILES string of the molecule is O=C(CF)Oc1ccccc1F. The quantitative estimate of drug-likeness (QED) is 0.501. The monoisotopic (exact) mass is 172 g/mol. The van der Waals surface area contributed by atoms with Gasteiger partial charge in [-0.05, 0) is 12.1 Å². The molecule has 1 aromatic carbocycles. The van der Waals surface area contributed by atoms with Gasteiger partial charge >= 0.3 is 5.97 Å². The second kappa shape index (κ2) is 3.80. The molecule has 0 spiro atoms. The van der Waals surface area contributed by atoms with Gasteiger partial charge in [0.15, 0.2) is 18.2 Å². The Morgan fingerprint density at radius 1 is 1.42 bits per heavy atom. The fourth-order valence-electron chi connectivity index (χ4n) is 0.677. The van der Waals surface area contributed by atoms with Crippen molar-refractivity contribution >= 4 is 5.97 Å². The van der Waals surface area contributed by atoms with Gasteiger partial charge in [0.05, 0.1) is 0 Å². The van der Waals surface area contributed by atoms with Crippen LogP contribution in [0.25, 0.3) is 0 Å². The number of ether oxygens (including phenoxy) is 1. The van der Waals surface area contributed by atoms with Crippen LogP contribution in [0, 0.1) is 5.82 Å². The number of benzene rings is 1. The molecule has 12 heavy (non-hydrogen) atoms. The molecule has 0 fully saturated rings. The highest BCUT2D eigenvalue weighted by atomic mass is 19.1. The van der Waals surface area contributed by atoms with Gasteiger partial charge < -0.3 is 4.74 Å². The molecular weight excluding hydrogens is 166 g/mol. The number of halogens is 2. The van der Waals surface area contributed by atoms with Crippen LogP contribution < -0.4 is 4.74 Å². The summed E-state index contributed by atoms with van der Waals surface area (Å²) in [5, 5.41) is 0. The zero-order valence-corrected chi connectivity index (χ0v) is 6.09. The van der Waals surface area contributed by atoms with E-state index in [4.69, 9.17) is 0 Å². The molecule has 0 unspecified atom stereocenters. The Morgan fingerprint density at radius 3 is 2.67 bits per heavy atom. The third-order valence-electron chi connectivity index (χ3n) is 1.17. The van der Waals surface area contributed by atoms with Crippen molar-refractivity contribution in [2.45, 2.75) is 0 Å². The summed E-state index contributed by atoms with van der Waals surface area (Å²) in [4.78, 5) is 10.4. The van der Waals surface area contributed by atoms with Gasteiger partial charge in [0.1, 0.15) is 0 Å². The first kappa shape index (κ1) is 8.64. The maximum atomic E-state index is 12.7. The minimum absolute atomic E-state index is 0.250. The lowest BCUT2D eigenvalue weighted by Crippen LogP contribution is -2.10. The maximum absolute atomic E-state index is 12.7. The number of carbonyl (C=O) groups is 1. The molecule has 64 valence electrons. The van der Waals surface area contributed by atoms with Crippen molar-refractivity contribution in [3.05, 3.63) is 30.1 Å². The van der Waals surface area contributed by atoms with Crippen molar-refractivity contribution in [1.29, 1.82) is 0 Å². The molecule has 1 aromatic rings. The molecule has 0 atom stereocenters. The molecular formula is C8H6F2O2. The summed E-state index contributed by atoms with van der Waals surface area (Å²) in [7, 11) is 0. The second-order valence-electron chi connectivity index (χ2n) is 2.04. The summed E-state index contributed by atoms with van der Waals surface area (Å²) in [5.74, 6) is -2.03. The van der Waals surface area contributed by atoms with E-state index in [9.17, 15) is 13.6 Å². The van der Waals surface area contributed by atoms with Crippen LogP contribution in [0.3, 0.4) is 0 Å². The number of esters is 1. The summed E-state index contributed by atoms with van der Waals surface area (Å²) < 4.78 is 28.6. The summed E-state index contributed by atoms with van der Waals surface area (Å²) in [6.07, 6.45) is 0. The zero-order valence-electron chi connectivity index (χ0n) is 6.09. The molecule has 0 radical (unpaired) electrons. The van der Waals surface area contributed by atoms with E-state index in [-0.39, 0.29) is 5.75 Å². The molecule has 0 amide bonds. The fourth-order valence-corrected chi connectivity index (χ4v) is 0.677. The molecule has 0 saturated carbocycles. The van der Waals surface area contributed by atoms with Crippen molar-refractivity contribution in [1.82, 2.24) is 0 Å². The fraction of sp³-hybridized carbons (Fsp3) is 0.125. The molecule has 0 heterocycles. The number of rotatable bonds is 2. The summed E-state index contributed by atoms with van der Waals surface area (Å²) in [6.45, 7) is -1.26. The molecule has 0 aliphatic carbocycles. The van der Waals surface area contributed by atoms with E-state index in [1.807, 2.05) is 0 Å². The standard InChI is InChI=1S/C8H6F2O2/c9-5-8(11)12-7-4-2-1-3-6(7)10/h1-4H,5H2. The van der Waals surface area contributed by atoms with Crippen molar-refractivity contribution in [2.75, 3.05) is 6.67 Å². The van der Waals surface area contributed by atoms with Crippen LogP contribution in [0.2, 0.25) is 0 Å². The Hall–Kier alpha value is -1.45. The van der Waals surface area contributed by atoms with Crippen LogP contribution in [-0.2, 0) is 4.79 Å². The minimum Gasteiger partial charge on any atom is -0.421 e. The largest absolute Gasteiger partial charge is 0.421 e. The topological polar surface area (TPSA) is 26.3 Å². The van der Waals surface area contributed by atoms with Gasteiger partial charge in [0, 0.05) is 0 Å². The van der Waals surface area contributed by atoms with Gasteiger partial charge in [-0.2, -0.15) is 0 Å². The van der Waals surface area contributed by atoms with E-state index in [1.165, 1.54) is 18.2 Å². The van der Waals surface area contributed by atoms with Crippen LogP contribution in [0.4, 0.5) is 8.78 Å². The lowest BCUT2D eigenvalue weighted by Gasteiger charge is -2.01. The van der Waals surface area contributed by atoms with Crippen LogP contribution in [0.15, 0.2) is 24.3 Å². The minimum atomic E-state index is -1.26. The maximum Gasteiger partial charge on any atom is 0.343 e. The molecule has 0 aromatic heterocycles. The van der Waals surface area contributed by atoms with Crippen LogP contribution in [0.5, 0.6) is 5.75 Å². The lowest BCUT2D eigenvalue weighted by atomic mass is 10.3. The molecule has 0 bridgehead atoms. The molecule has 0 aliphatic rings. The smallest absolute Gasteiger partial charge is 0.343 e. The molecule has 0 saturated heterocycles. The lowest BCUT2D eigenvalue weighted by molar-refractivity contribution is -0.135. The van der Waals surface area contributed by atoms with Crippen LogP contribution in [0.1, 0.15) is 0 Å². The molecule has 1 rings (SSSR count). The van der Waals surface area contributed by atoms with E-state index in [0.29, 0.717) is 0 Å². The van der Waals surface area contributed by atoms with Crippen molar-refractivity contribution < 1.29 is 18.3 Å². The van der Waals surface area contributed by atoms with E-state index in [2.05, 4.69) is 4.74 Å². The number of alkyl halides is 1. The average Bonchev–Trinajstić information content (AvgIpc) is 2.09. The predicted molar refractivity (Wildman–Crippen MR) is 38.0 cm³/mol. The Labute approximate surface area is 67.8 Å². The van der Waals surface area contributed by atoms with Crippen LogP contribution in [-0.4, -0.2) is 12.6 Å². The van der Waals surface area contributed by atoms with E-state index in [1.54, 1.807) is 0 Å². The predicted octanol–water partition coefficient (Wildman–Crippen LogP) is 1.70. The van der Waals surface area contributed by atoms with Gasteiger partial charge in [-0.15, -0.1) is 0 Å². The first-order valence-electron chi connectivity index (χ1n) is 3.25. The van der Waals surface area contributed by atoms with Gasteiger partial charge in [0.25, 0.3) is 0 Å². The average molecular weight is 172 g/mol. The van der Waals surface area contributed by atoms with Gasteiger partial charge in [-0.3, -0.25) is 0 Å². The third kappa shape index (κ3) is 2.02. The second-order valence-corrected chi connectivity index (χ2v) is 2.04. The van der Waals surface area contributed by atoms with Crippen LogP contribution >= 0.6 is 0 Å². The highest BCUT2D eigenvalue weighted by molar-refractivity contribution is 5.73. The van der Waals surface area contributed by atoms with E-state index < -0.39 is 18.5 Å². The molecule has 0 aliphatic heterocycles. The molecule has 0 N–H and O–H groups in total. The van der Waals surface area contributed by atoms with E-state index in [0.717, 1.165) is 6.07 Å². The first-order chi connectivity index (χ1) is 5.74. The Bertz CT molecular complexity index is 286. The van der Waals surface area contributed by atoms with Crippen molar-refractivity contribution in [2.24, 2.45) is 0 Å². The van der Waals surface area contributed by atoms with E-state index >= 15 is 0 Å². The molecule has 2 nitrogen and oxygen atoms in total. The Kier molecular flexibility index (Phi) is 2.74. The van der Waals surface area contributed by atoms with Gasteiger partial charge in [-0.1, -0.05) is 12.1 Å². The Balaban J connectivity index is 2.75. The number of carbonyl (C=O) groups excluding carboxylic acids is 1. The number of para-hydroxylation sites is 1. The summed E-state index contributed by atoms with van der Waals surface area (Å²) in [6, 6.07) is 5.32. The van der Waals surface area contributed by atoms with Gasteiger partial charge in [0.2, 0.25) is 0 Å². The third-order valence-corrected chi connectivity index (χ3v) is 1.17. The first-order valence-corrected chi connectivity index (χ1v) is 3.25. The number of hydrogen-bond donors (Lipinski definition) is 0. The summed E-state index contributed by atoms with van der Waals surface area (Å²) >= 11 is 0. The van der Waals surface area contributed by atoms with Gasteiger partial charge in [-0.25, -0.2) is 13.6 Å². The highest BCUT2D eigenvalue weighted by Crippen LogP contribution is 2.15. The zero-order chi connectivity index (χ0) is 8.97. The number of hydrogen-bond acceptors (Lipinski definition) is 2. The van der Waals surface area contributed by atoms with Crippen molar-refractivity contribution in [3.63, 3.8) is 0 Å². The normalized spacial score (nSPS) is 9.50. The Morgan fingerprint density at radius 2 is 2.08 bits per heavy atom. The highest BCUT2D eigenvalue weighted by Gasteiger charge is 2.06. The summed E-state index contributed by atoms with van der Waals surface area (Å²) in [5.41, 5.74) is 0.